The lowest BCUT2D eigenvalue weighted by Gasteiger charge is -2.31. The normalized spacial score (nSPS) is 16.3. The van der Waals surface area contributed by atoms with Crippen LogP contribution in [0.15, 0.2) is 24.3 Å². The fourth-order valence-electron chi connectivity index (χ4n) is 2.42. The molecule has 1 atom stereocenters. The summed E-state index contributed by atoms with van der Waals surface area (Å²) in [7, 11) is 0. The molecule has 1 aliphatic heterocycles. The third-order valence-corrected chi connectivity index (χ3v) is 4.11. The second-order valence-electron chi connectivity index (χ2n) is 5.75. The van der Waals surface area contributed by atoms with E-state index < -0.39 is 0 Å². The molecule has 0 radical (unpaired) electrons. The predicted octanol–water partition coefficient (Wildman–Crippen LogP) is 2.08. The van der Waals surface area contributed by atoms with Gasteiger partial charge in [0.05, 0.1) is 6.61 Å². The van der Waals surface area contributed by atoms with E-state index in [1.54, 1.807) is 0 Å². The van der Waals surface area contributed by atoms with Crippen molar-refractivity contribution in [3.63, 3.8) is 0 Å². The predicted molar refractivity (Wildman–Crippen MR) is 83.8 cm³/mol. The number of ether oxygens (including phenoxy) is 1. The Morgan fingerprint density at radius 2 is 2.10 bits per heavy atom. The molecule has 0 bridgehead atoms. The molecule has 116 valence electrons. The van der Waals surface area contributed by atoms with Crippen molar-refractivity contribution < 1.29 is 9.53 Å². The van der Waals surface area contributed by atoms with Gasteiger partial charge in [0.1, 0.15) is 0 Å². The van der Waals surface area contributed by atoms with Gasteiger partial charge in [0, 0.05) is 19.1 Å². The van der Waals surface area contributed by atoms with Crippen LogP contribution in [0.1, 0.15) is 31.4 Å². The molecule has 1 heterocycles. The van der Waals surface area contributed by atoms with Gasteiger partial charge in [-0.1, -0.05) is 38.1 Å². The van der Waals surface area contributed by atoms with E-state index in [1.165, 1.54) is 0 Å². The molecule has 1 fully saturated rings. The van der Waals surface area contributed by atoms with Crippen LogP contribution in [0.3, 0.4) is 0 Å². The highest BCUT2D eigenvalue weighted by Crippen LogP contribution is 2.16. The van der Waals surface area contributed by atoms with Crippen LogP contribution < -0.4 is 10.6 Å². The Bertz CT molecular complexity index is 458. The van der Waals surface area contributed by atoms with Crippen molar-refractivity contribution in [2.45, 2.75) is 33.4 Å². The quantitative estimate of drug-likeness (QED) is 0.721. The van der Waals surface area contributed by atoms with E-state index in [1.807, 2.05) is 19.1 Å². The van der Waals surface area contributed by atoms with E-state index in [0.29, 0.717) is 19.1 Å². The highest BCUT2D eigenvalue weighted by molar-refractivity contribution is 5.78. The monoisotopic (exact) mass is 290 g/mol. The van der Waals surface area contributed by atoms with Gasteiger partial charge in [0.2, 0.25) is 5.91 Å². The van der Waals surface area contributed by atoms with E-state index in [4.69, 9.17) is 4.74 Å². The molecule has 0 aromatic heterocycles. The Hall–Kier alpha value is -1.39. The van der Waals surface area contributed by atoms with Crippen LogP contribution in [-0.4, -0.2) is 25.6 Å². The number of carbonyl (C=O) groups is 1. The van der Waals surface area contributed by atoms with Crippen molar-refractivity contribution in [2.24, 2.45) is 11.8 Å². The number of benzene rings is 1. The maximum Gasteiger partial charge on any atom is 0.223 e. The van der Waals surface area contributed by atoms with Crippen LogP contribution in [0.4, 0.5) is 0 Å². The zero-order valence-electron chi connectivity index (χ0n) is 13.0. The van der Waals surface area contributed by atoms with E-state index in [9.17, 15) is 4.79 Å². The van der Waals surface area contributed by atoms with Crippen molar-refractivity contribution in [3.05, 3.63) is 35.4 Å². The summed E-state index contributed by atoms with van der Waals surface area (Å²) in [5.41, 5.74) is 2.30. The molecular formula is C17H26N2O2. The minimum atomic E-state index is 0.0785. The number of hydrogen-bond donors (Lipinski definition) is 2. The van der Waals surface area contributed by atoms with Crippen molar-refractivity contribution in [1.82, 2.24) is 10.6 Å². The molecule has 2 N–H and O–H groups in total. The average Bonchev–Trinajstić information content (AvgIpc) is 2.44. The second kappa shape index (κ2) is 8.15. The molecule has 4 heteroatoms. The first-order valence-electron chi connectivity index (χ1n) is 7.85. The topological polar surface area (TPSA) is 50.4 Å². The summed E-state index contributed by atoms with van der Waals surface area (Å²) in [5.74, 6) is 0.702. The molecule has 1 saturated heterocycles. The Labute approximate surface area is 127 Å². The van der Waals surface area contributed by atoms with Crippen LogP contribution in [0.25, 0.3) is 0 Å². The molecule has 1 amide bonds. The lowest BCUT2D eigenvalue weighted by atomic mass is 9.88. The molecular weight excluding hydrogens is 264 g/mol. The number of amides is 1. The molecule has 0 saturated carbocycles. The third kappa shape index (κ3) is 4.55. The van der Waals surface area contributed by atoms with Gasteiger partial charge >= 0.3 is 0 Å². The zero-order valence-corrected chi connectivity index (χ0v) is 13.0. The molecule has 21 heavy (non-hydrogen) atoms. The minimum absolute atomic E-state index is 0.0785. The van der Waals surface area contributed by atoms with E-state index in [-0.39, 0.29) is 11.8 Å². The largest absolute Gasteiger partial charge is 0.377 e. The van der Waals surface area contributed by atoms with Gasteiger partial charge < -0.3 is 15.4 Å². The molecule has 1 aromatic rings. The highest BCUT2D eigenvalue weighted by atomic mass is 16.5. The van der Waals surface area contributed by atoms with Crippen molar-refractivity contribution >= 4 is 5.91 Å². The summed E-state index contributed by atoms with van der Waals surface area (Å²) in [4.78, 5) is 12.2. The first kappa shape index (κ1) is 16.0. The van der Waals surface area contributed by atoms with Gasteiger partial charge in [-0.25, -0.2) is 0 Å². The van der Waals surface area contributed by atoms with Gasteiger partial charge in [-0.2, -0.15) is 0 Å². The number of nitrogens with one attached hydrogen (secondary N) is 2. The molecule has 1 unspecified atom stereocenters. The second-order valence-corrected chi connectivity index (χ2v) is 5.75. The summed E-state index contributed by atoms with van der Waals surface area (Å²) < 4.78 is 5.61. The van der Waals surface area contributed by atoms with Gasteiger partial charge in [0.25, 0.3) is 0 Å². The van der Waals surface area contributed by atoms with Crippen molar-refractivity contribution in [1.29, 1.82) is 0 Å². The van der Waals surface area contributed by atoms with Gasteiger partial charge in [0.15, 0.2) is 0 Å². The summed E-state index contributed by atoms with van der Waals surface area (Å²) in [6, 6.07) is 8.14. The summed E-state index contributed by atoms with van der Waals surface area (Å²) in [6.45, 7) is 7.98. The average molecular weight is 290 g/mol. The maximum absolute atomic E-state index is 12.2. The first-order valence-corrected chi connectivity index (χ1v) is 7.85. The molecule has 1 aliphatic rings. The van der Waals surface area contributed by atoms with E-state index in [2.05, 4.69) is 29.7 Å². The minimum Gasteiger partial charge on any atom is -0.377 e. The number of carbonyl (C=O) groups excluding carboxylic acids is 1. The Morgan fingerprint density at radius 1 is 1.38 bits per heavy atom. The number of hydrogen-bond acceptors (Lipinski definition) is 3. The fourth-order valence-corrected chi connectivity index (χ4v) is 2.42. The van der Waals surface area contributed by atoms with Crippen LogP contribution >= 0.6 is 0 Å². The summed E-state index contributed by atoms with van der Waals surface area (Å²) in [5, 5.41) is 6.27. The van der Waals surface area contributed by atoms with Gasteiger partial charge in [-0.15, -0.1) is 0 Å². The maximum atomic E-state index is 12.2. The first-order chi connectivity index (χ1) is 10.2. The SMILES string of the molecule is CCCOCc1ccccc1CNC(=O)C(C)C1CNC1. The van der Waals surface area contributed by atoms with Gasteiger partial charge in [-0.05, 0) is 36.6 Å². The smallest absolute Gasteiger partial charge is 0.223 e. The van der Waals surface area contributed by atoms with Crippen LogP contribution in [0.2, 0.25) is 0 Å². The molecule has 4 nitrogen and oxygen atoms in total. The van der Waals surface area contributed by atoms with Crippen LogP contribution in [-0.2, 0) is 22.7 Å². The Balaban J connectivity index is 1.85. The molecule has 2 rings (SSSR count). The molecule has 0 spiro atoms. The Kier molecular flexibility index (Phi) is 6.21. The van der Waals surface area contributed by atoms with E-state index >= 15 is 0 Å². The van der Waals surface area contributed by atoms with Crippen LogP contribution in [0.5, 0.6) is 0 Å². The summed E-state index contributed by atoms with van der Waals surface area (Å²) in [6.07, 6.45) is 1.02. The van der Waals surface area contributed by atoms with Crippen molar-refractivity contribution in [3.8, 4) is 0 Å². The third-order valence-electron chi connectivity index (χ3n) is 4.11. The van der Waals surface area contributed by atoms with E-state index in [0.717, 1.165) is 37.2 Å². The highest BCUT2D eigenvalue weighted by Gasteiger charge is 2.28. The number of rotatable bonds is 8. The zero-order chi connectivity index (χ0) is 15.1. The Morgan fingerprint density at radius 3 is 2.71 bits per heavy atom. The molecule has 0 aliphatic carbocycles. The van der Waals surface area contributed by atoms with Crippen LogP contribution in [0, 0.1) is 11.8 Å². The molecule has 1 aromatic carbocycles. The lowest BCUT2D eigenvalue weighted by Crippen LogP contribution is -2.49. The summed E-state index contributed by atoms with van der Waals surface area (Å²) >= 11 is 0. The standard InChI is InChI=1S/C17H26N2O2/c1-3-8-21-12-15-7-5-4-6-14(15)11-19-17(20)13(2)16-9-18-10-16/h4-7,13,16,18H,3,8-12H2,1-2H3,(H,19,20). The van der Waals surface area contributed by atoms with Crippen molar-refractivity contribution in [2.75, 3.05) is 19.7 Å². The van der Waals surface area contributed by atoms with Gasteiger partial charge in [-0.3, -0.25) is 4.79 Å². The fraction of sp³-hybridized carbons (Fsp3) is 0.588. The lowest BCUT2D eigenvalue weighted by molar-refractivity contribution is -0.126.